The number of hydrogen-bond acceptors (Lipinski definition) is 2. The van der Waals surface area contributed by atoms with Gasteiger partial charge in [0.1, 0.15) is 18.2 Å². The Hall–Kier alpha value is -1.98. The quantitative estimate of drug-likeness (QED) is 0.899. The zero-order valence-electron chi connectivity index (χ0n) is 11.0. The normalized spacial score (nSPS) is 20.6. The van der Waals surface area contributed by atoms with Crippen LogP contribution in [-0.4, -0.2) is 35.0 Å². The fraction of sp³-hybridized carbons (Fsp3) is 0.429. The molecule has 2 rings (SSSR count). The van der Waals surface area contributed by atoms with E-state index in [2.05, 4.69) is 0 Å². The number of benzene rings is 1. The topological polar surface area (TPSA) is 57.6 Å². The highest BCUT2D eigenvalue weighted by atomic mass is 19.1. The smallest absolute Gasteiger partial charge is 0.323 e. The van der Waals surface area contributed by atoms with Crippen molar-refractivity contribution in [1.82, 2.24) is 4.90 Å². The molecule has 2 atom stereocenters. The number of rotatable bonds is 5. The van der Waals surface area contributed by atoms with Crippen LogP contribution in [0.4, 0.5) is 8.78 Å². The number of halogens is 2. The second-order valence-corrected chi connectivity index (χ2v) is 4.86. The van der Waals surface area contributed by atoms with Gasteiger partial charge >= 0.3 is 5.97 Å². The molecule has 0 bridgehead atoms. The molecule has 20 heavy (non-hydrogen) atoms. The summed E-state index contributed by atoms with van der Waals surface area (Å²) >= 11 is 0. The molecule has 1 amide bonds. The van der Waals surface area contributed by atoms with Crippen LogP contribution in [0.15, 0.2) is 18.2 Å². The predicted molar refractivity (Wildman–Crippen MR) is 67.1 cm³/mol. The van der Waals surface area contributed by atoms with Crippen LogP contribution in [0.2, 0.25) is 0 Å². The third-order valence-electron chi connectivity index (χ3n) is 3.49. The largest absolute Gasteiger partial charge is 0.480 e. The fourth-order valence-electron chi connectivity index (χ4n) is 2.36. The first-order valence-corrected chi connectivity index (χ1v) is 6.39. The lowest BCUT2D eigenvalue weighted by molar-refractivity contribution is -0.144. The number of likely N-dealkylation sites (N-methyl/N-ethyl adjacent to an activating group) is 1. The Kier molecular flexibility index (Phi) is 4.01. The van der Waals surface area contributed by atoms with E-state index in [0.29, 0.717) is 18.5 Å². The summed E-state index contributed by atoms with van der Waals surface area (Å²) in [6.45, 7) is 1.63. The van der Waals surface area contributed by atoms with Crippen molar-refractivity contribution in [1.29, 1.82) is 0 Å². The van der Waals surface area contributed by atoms with Gasteiger partial charge < -0.3 is 10.0 Å². The van der Waals surface area contributed by atoms with E-state index < -0.39 is 23.5 Å². The van der Waals surface area contributed by atoms with E-state index in [9.17, 15) is 18.4 Å². The van der Waals surface area contributed by atoms with Gasteiger partial charge in [0.05, 0.1) is 0 Å². The van der Waals surface area contributed by atoms with Crippen LogP contribution < -0.4 is 0 Å². The minimum Gasteiger partial charge on any atom is -0.480 e. The molecule has 1 aliphatic rings. The summed E-state index contributed by atoms with van der Waals surface area (Å²) in [5.41, 5.74) is 0.316. The third kappa shape index (κ3) is 2.95. The SMILES string of the molecule is CCN(CC(=O)O)C(=O)[C@@H]1C[C@H]1c1ccc(F)cc1F. The molecule has 1 aromatic rings. The molecule has 1 saturated carbocycles. The van der Waals surface area contributed by atoms with Crippen molar-refractivity contribution in [2.75, 3.05) is 13.1 Å². The Bertz CT molecular complexity index is 547. The molecule has 0 radical (unpaired) electrons. The molecule has 1 aromatic carbocycles. The van der Waals surface area contributed by atoms with E-state index >= 15 is 0 Å². The molecule has 1 N–H and O–H groups in total. The van der Waals surface area contributed by atoms with Gasteiger partial charge in [-0.25, -0.2) is 8.78 Å². The second kappa shape index (κ2) is 5.56. The molecule has 1 aliphatic carbocycles. The molecule has 108 valence electrons. The summed E-state index contributed by atoms with van der Waals surface area (Å²) in [6.07, 6.45) is 0.470. The first-order valence-electron chi connectivity index (χ1n) is 6.39. The Morgan fingerprint density at radius 2 is 2.10 bits per heavy atom. The molecule has 0 spiro atoms. The van der Waals surface area contributed by atoms with Crippen LogP contribution in [0.25, 0.3) is 0 Å². The zero-order valence-corrected chi connectivity index (χ0v) is 11.0. The van der Waals surface area contributed by atoms with Crippen LogP contribution in [-0.2, 0) is 9.59 Å². The number of carbonyl (C=O) groups excluding carboxylic acids is 1. The zero-order chi connectivity index (χ0) is 14.9. The number of carboxylic acids is 1. The van der Waals surface area contributed by atoms with E-state index in [4.69, 9.17) is 5.11 Å². The predicted octanol–water partition coefficient (Wildman–Crippen LogP) is 2.00. The number of carbonyl (C=O) groups is 2. The Balaban J connectivity index is 2.06. The van der Waals surface area contributed by atoms with Gasteiger partial charge in [-0.15, -0.1) is 0 Å². The lowest BCUT2D eigenvalue weighted by Gasteiger charge is -2.18. The monoisotopic (exact) mass is 283 g/mol. The number of aliphatic carboxylic acids is 1. The van der Waals surface area contributed by atoms with E-state index in [1.54, 1.807) is 6.92 Å². The maximum absolute atomic E-state index is 13.6. The molecule has 6 heteroatoms. The number of nitrogens with zero attached hydrogens (tertiary/aromatic N) is 1. The van der Waals surface area contributed by atoms with Crippen molar-refractivity contribution in [3.8, 4) is 0 Å². The molecule has 0 unspecified atom stereocenters. The molecule has 0 heterocycles. The average Bonchev–Trinajstić information content (AvgIpc) is 3.15. The third-order valence-corrected chi connectivity index (χ3v) is 3.49. The second-order valence-electron chi connectivity index (χ2n) is 4.86. The Morgan fingerprint density at radius 3 is 2.65 bits per heavy atom. The highest BCUT2D eigenvalue weighted by molar-refractivity contribution is 5.86. The average molecular weight is 283 g/mol. The number of hydrogen-bond donors (Lipinski definition) is 1. The summed E-state index contributed by atoms with van der Waals surface area (Å²) in [6, 6.07) is 3.30. The van der Waals surface area contributed by atoms with Gasteiger partial charge in [-0.1, -0.05) is 6.07 Å². The van der Waals surface area contributed by atoms with Gasteiger partial charge in [-0.2, -0.15) is 0 Å². The van der Waals surface area contributed by atoms with E-state index in [-0.39, 0.29) is 18.4 Å². The maximum atomic E-state index is 13.6. The molecule has 1 fully saturated rings. The molecular formula is C14H15F2NO3. The Morgan fingerprint density at radius 1 is 1.40 bits per heavy atom. The fourth-order valence-corrected chi connectivity index (χ4v) is 2.36. The first-order chi connectivity index (χ1) is 9.43. The van der Waals surface area contributed by atoms with Crippen molar-refractivity contribution in [3.63, 3.8) is 0 Å². The molecule has 4 nitrogen and oxygen atoms in total. The van der Waals surface area contributed by atoms with E-state index in [1.807, 2.05) is 0 Å². The standard InChI is InChI=1S/C14H15F2NO3/c1-2-17(7-13(18)19)14(20)11-6-10(11)9-4-3-8(15)5-12(9)16/h3-5,10-11H,2,6-7H2,1H3,(H,18,19)/t10-,11+/m0/s1. The molecule has 0 aromatic heterocycles. The minimum atomic E-state index is -1.08. The first kappa shape index (κ1) is 14.4. The van der Waals surface area contributed by atoms with Crippen LogP contribution in [0.1, 0.15) is 24.8 Å². The lowest BCUT2D eigenvalue weighted by Crippen LogP contribution is -2.36. The summed E-state index contributed by atoms with van der Waals surface area (Å²) < 4.78 is 26.4. The van der Waals surface area contributed by atoms with Crippen LogP contribution in [0, 0.1) is 17.6 Å². The van der Waals surface area contributed by atoms with Crippen LogP contribution >= 0.6 is 0 Å². The number of carboxylic acid groups (broad SMARTS) is 1. The highest BCUT2D eigenvalue weighted by Crippen LogP contribution is 2.49. The van der Waals surface area contributed by atoms with Crippen molar-refractivity contribution in [2.24, 2.45) is 5.92 Å². The van der Waals surface area contributed by atoms with Crippen molar-refractivity contribution < 1.29 is 23.5 Å². The molecular weight excluding hydrogens is 268 g/mol. The van der Waals surface area contributed by atoms with E-state index in [0.717, 1.165) is 12.1 Å². The van der Waals surface area contributed by atoms with E-state index in [1.165, 1.54) is 11.0 Å². The van der Waals surface area contributed by atoms with Gasteiger partial charge in [0, 0.05) is 18.5 Å². The van der Waals surface area contributed by atoms with Crippen molar-refractivity contribution in [3.05, 3.63) is 35.4 Å². The minimum absolute atomic E-state index is 0.286. The summed E-state index contributed by atoms with van der Waals surface area (Å²) in [4.78, 5) is 24.0. The maximum Gasteiger partial charge on any atom is 0.323 e. The van der Waals surface area contributed by atoms with Crippen LogP contribution in [0.3, 0.4) is 0 Å². The van der Waals surface area contributed by atoms with Crippen molar-refractivity contribution in [2.45, 2.75) is 19.3 Å². The highest BCUT2D eigenvalue weighted by Gasteiger charge is 2.46. The summed E-state index contributed by atoms with van der Waals surface area (Å²) in [5, 5.41) is 8.73. The van der Waals surface area contributed by atoms with Gasteiger partial charge in [-0.3, -0.25) is 9.59 Å². The van der Waals surface area contributed by atoms with Crippen LogP contribution in [0.5, 0.6) is 0 Å². The summed E-state index contributed by atoms with van der Waals surface area (Å²) in [5.74, 6) is -3.38. The summed E-state index contributed by atoms with van der Waals surface area (Å²) in [7, 11) is 0. The lowest BCUT2D eigenvalue weighted by atomic mass is 10.1. The van der Waals surface area contributed by atoms with Crippen molar-refractivity contribution >= 4 is 11.9 Å². The number of amides is 1. The molecule has 0 saturated heterocycles. The van der Waals surface area contributed by atoms with Gasteiger partial charge in [0.2, 0.25) is 5.91 Å². The van der Waals surface area contributed by atoms with Gasteiger partial charge in [0.25, 0.3) is 0 Å². The van der Waals surface area contributed by atoms with Gasteiger partial charge in [-0.05, 0) is 30.9 Å². The Labute approximate surface area is 115 Å². The van der Waals surface area contributed by atoms with Gasteiger partial charge in [0.15, 0.2) is 0 Å². The molecule has 0 aliphatic heterocycles.